The van der Waals surface area contributed by atoms with Crippen molar-refractivity contribution in [2.24, 2.45) is 5.92 Å². The van der Waals surface area contributed by atoms with Gasteiger partial charge in [-0.15, -0.1) is 0 Å². The molecule has 0 N–H and O–H groups in total. The van der Waals surface area contributed by atoms with Crippen LogP contribution in [0.15, 0.2) is 61.1 Å². The molecule has 0 aliphatic carbocycles. The Morgan fingerprint density at radius 2 is 1.75 bits per heavy atom. The highest BCUT2D eigenvalue weighted by Gasteiger charge is 2.41. The maximum Gasteiger partial charge on any atom is 0.227 e. The van der Waals surface area contributed by atoms with E-state index < -0.39 is 0 Å². The lowest BCUT2D eigenvalue weighted by Gasteiger charge is -2.38. The number of carbonyl (C=O) groups excluding carboxylic acids is 1. The Bertz CT molecular complexity index is 1180. The van der Waals surface area contributed by atoms with Gasteiger partial charge in [0.05, 0.1) is 18.8 Å². The topological polar surface area (TPSA) is 44.6 Å². The van der Waals surface area contributed by atoms with E-state index in [9.17, 15) is 4.79 Å². The second kappa shape index (κ2) is 10.7. The van der Waals surface area contributed by atoms with E-state index in [0.29, 0.717) is 11.9 Å². The highest BCUT2D eigenvalue weighted by atomic mass is 35.5. The zero-order valence-electron chi connectivity index (χ0n) is 21.5. The molecule has 2 aliphatic rings. The fraction of sp³-hybridized carbons (Fsp3) is 0.448. The van der Waals surface area contributed by atoms with Crippen LogP contribution in [0.5, 0.6) is 0 Å². The molecule has 7 heteroatoms. The van der Waals surface area contributed by atoms with E-state index in [1.165, 1.54) is 16.8 Å². The number of aryl methyl sites for hydroxylation is 1. The van der Waals surface area contributed by atoms with Crippen molar-refractivity contribution in [3.8, 4) is 0 Å². The molecule has 2 saturated heterocycles. The standard InChI is InChI=1S/C29H36ClN5O/c1-21(2)34-18-26(23-8-10-25(30)11-9-23)27(19-34)29(36)33-14-12-32(13-15-33)28-7-5-4-6-24(28)17-35-20-31-16-22(35)3/h4-11,16,20-21,26-27H,12-15,17-19H2,1-3H3/t26-,27+/m0/s1. The third-order valence-electron chi connectivity index (χ3n) is 7.88. The molecule has 2 fully saturated rings. The number of carbonyl (C=O) groups is 1. The second-order valence-electron chi connectivity index (χ2n) is 10.4. The number of para-hydroxylation sites is 1. The highest BCUT2D eigenvalue weighted by molar-refractivity contribution is 6.30. The summed E-state index contributed by atoms with van der Waals surface area (Å²) in [5.74, 6) is 0.478. The van der Waals surface area contributed by atoms with Gasteiger partial charge in [-0.2, -0.15) is 0 Å². The molecule has 2 aromatic carbocycles. The maximum absolute atomic E-state index is 13.8. The van der Waals surface area contributed by atoms with Gasteiger partial charge in [0.25, 0.3) is 0 Å². The van der Waals surface area contributed by atoms with Crippen LogP contribution in [-0.2, 0) is 11.3 Å². The summed E-state index contributed by atoms with van der Waals surface area (Å²) in [7, 11) is 0. The highest BCUT2D eigenvalue weighted by Crippen LogP contribution is 2.36. The van der Waals surface area contributed by atoms with Gasteiger partial charge in [0.1, 0.15) is 0 Å². The van der Waals surface area contributed by atoms with Gasteiger partial charge in [-0.05, 0) is 50.1 Å². The van der Waals surface area contributed by atoms with Crippen molar-refractivity contribution in [3.05, 3.63) is 82.9 Å². The van der Waals surface area contributed by atoms with Gasteiger partial charge in [0.2, 0.25) is 5.91 Å². The summed E-state index contributed by atoms with van der Waals surface area (Å²) in [5.41, 5.74) is 4.90. The van der Waals surface area contributed by atoms with E-state index in [-0.39, 0.29) is 11.8 Å². The van der Waals surface area contributed by atoms with Crippen LogP contribution in [0.3, 0.4) is 0 Å². The lowest BCUT2D eigenvalue weighted by Crippen LogP contribution is -2.51. The van der Waals surface area contributed by atoms with E-state index in [4.69, 9.17) is 11.6 Å². The van der Waals surface area contributed by atoms with Crippen LogP contribution >= 0.6 is 11.6 Å². The first-order valence-electron chi connectivity index (χ1n) is 13.0. The fourth-order valence-electron chi connectivity index (χ4n) is 5.65. The molecule has 3 aromatic rings. The smallest absolute Gasteiger partial charge is 0.227 e. The normalized spacial score (nSPS) is 20.9. The first kappa shape index (κ1) is 24.8. The number of piperazine rings is 1. The van der Waals surface area contributed by atoms with Crippen molar-refractivity contribution < 1.29 is 4.79 Å². The molecule has 36 heavy (non-hydrogen) atoms. The number of likely N-dealkylation sites (tertiary alicyclic amines) is 1. The van der Waals surface area contributed by atoms with Crippen molar-refractivity contribution in [1.29, 1.82) is 0 Å². The summed E-state index contributed by atoms with van der Waals surface area (Å²) in [6, 6.07) is 17.1. The zero-order chi connectivity index (χ0) is 25.2. The predicted molar refractivity (Wildman–Crippen MR) is 146 cm³/mol. The number of rotatable bonds is 6. The van der Waals surface area contributed by atoms with Crippen LogP contribution in [0.4, 0.5) is 5.69 Å². The number of hydrogen-bond donors (Lipinski definition) is 0. The molecular weight excluding hydrogens is 470 g/mol. The minimum absolute atomic E-state index is 0.0170. The van der Waals surface area contributed by atoms with Crippen LogP contribution in [0.1, 0.15) is 36.6 Å². The maximum atomic E-state index is 13.8. The van der Waals surface area contributed by atoms with E-state index in [1.54, 1.807) is 0 Å². The summed E-state index contributed by atoms with van der Waals surface area (Å²) in [6.07, 6.45) is 3.79. The molecule has 0 saturated carbocycles. The molecule has 3 heterocycles. The number of nitrogens with zero attached hydrogens (tertiary/aromatic N) is 5. The Morgan fingerprint density at radius 1 is 1.03 bits per heavy atom. The molecule has 190 valence electrons. The van der Waals surface area contributed by atoms with Gasteiger partial charge in [-0.3, -0.25) is 9.69 Å². The number of aromatic nitrogens is 2. The summed E-state index contributed by atoms with van der Waals surface area (Å²) in [6.45, 7) is 12.2. The lowest BCUT2D eigenvalue weighted by atomic mass is 9.88. The number of anilines is 1. The third kappa shape index (κ3) is 5.16. The van der Waals surface area contributed by atoms with Crippen molar-refractivity contribution in [2.75, 3.05) is 44.2 Å². The molecule has 5 rings (SSSR count). The molecule has 6 nitrogen and oxygen atoms in total. The van der Waals surface area contributed by atoms with E-state index in [2.05, 4.69) is 81.4 Å². The van der Waals surface area contributed by atoms with Gasteiger partial charge < -0.3 is 14.4 Å². The Balaban J connectivity index is 1.28. The first-order valence-corrected chi connectivity index (χ1v) is 13.4. The van der Waals surface area contributed by atoms with E-state index in [1.807, 2.05) is 24.7 Å². The largest absolute Gasteiger partial charge is 0.368 e. The van der Waals surface area contributed by atoms with Gasteiger partial charge in [0.15, 0.2) is 0 Å². The van der Waals surface area contributed by atoms with Gasteiger partial charge in [-0.25, -0.2) is 4.98 Å². The summed E-state index contributed by atoms with van der Waals surface area (Å²) in [4.78, 5) is 25.1. The lowest BCUT2D eigenvalue weighted by molar-refractivity contribution is -0.135. The van der Waals surface area contributed by atoms with Crippen LogP contribution in [0, 0.1) is 12.8 Å². The summed E-state index contributed by atoms with van der Waals surface area (Å²) < 4.78 is 2.18. The first-order chi connectivity index (χ1) is 17.4. The molecule has 2 atom stereocenters. The second-order valence-corrected chi connectivity index (χ2v) is 10.9. The van der Waals surface area contributed by atoms with Gasteiger partial charge in [0, 0.05) is 73.8 Å². The van der Waals surface area contributed by atoms with Crippen LogP contribution in [0.25, 0.3) is 0 Å². The molecule has 2 aliphatic heterocycles. The minimum atomic E-state index is -0.0170. The van der Waals surface area contributed by atoms with Crippen molar-refractivity contribution in [3.63, 3.8) is 0 Å². The summed E-state index contributed by atoms with van der Waals surface area (Å²) >= 11 is 6.15. The van der Waals surface area contributed by atoms with Gasteiger partial charge >= 0.3 is 0 Å². The van der Waals surface area contributed by atoms with Gasteiger partial charge in [-0.1, -0.05) is 41.9 Å². The molecule has 0 bridgehead atoms. The Labute approximate surface area is 219 Å². The van der Waals surface area contributed by atoms with Crippen molar-refractivity contribution in [2.45, 2.75) is 39.3 Å². The fourth-order valence-corrected chi connectivity index (χ4v) is 5.77. The SMILES string of the molecule is Cc1cncn1Cc1ccccc1N1CCN(C(=O)[C@@H]2CN(C(C)C)C[C@H]2c2ccc(Cl)cc2)CC1. The van der Waals surface area contributed by atoms with E-state index in [0.717, 1.165) is 56.5 Å². The average Bonchev–Trinajstić information content (AvgIpc) is 3.51. The number of benzene rings is 2. The Hall–Kier alpha value is -2.83. The molecule has 0 spiro atoms. The molecule has 1 aromatic heterocycles. The molecule has 0 unspecified atom stereocenters. The average molecular weight is 506 g/mol. The number of imidazole rings is 1. The van der Waals surface area contributed by atoms with Crippen LogP contribution < -0.4 is 4.90 Å². The predicted octanol–water partition coefficient (Wildman–Crippen LogP) is 4.67. The molecule has 0 radical (unpaired) electrons. The number of halogens is 1. The quantitative estimate of drug-likeness (QED) is 0.488. The summed E-state index contributed by atoms with van der Waals surface area (Å²) in [5, 5.41) is 0.736. The van der Waals surface area contributed by atoms with E-state index >= 15 is 0 Å². The van der Waals surface area contributed by atoms with Crippen molar-refractivity contribution in [1.82, 2.24) is 19.4 Å². The van der Waals surface area contributed by atoms with Crippen LogP contribution in [-0.4, -0.2) is 70.6 Å². The Kier molecular flexibility index (Phi) is 7.35. The molecular formula is C29H36ClN5O. The monoisotopic (exact) mass is 505 g/mol. The van der Waals surface area contributed by atoms with Crippen molar-refractivity contribution >= 4 is 23.2 Å². The molecule has 1 amide bonds. The third-order valence-corrected chi connectivity index (χ3v) is 8.13. The Morgan fingerprint density at radius 3 is 2.42 bits per heavy atom. The number of hydrogen-bond acceptors (Lipinski definition) is 4. The zero-order valence-corrected chi connectivity index (χ0v) is 22.2. The minimum Gasteiger partial charge on any atom is -0.368 e. The number of amides is 1. The van der Waals surface area contributed by atoms with Crippen LogP contribution in [0.2, 0.25) is 5.02 Å².